The highest BCUT2D eigenvalue weighted by Crippen LogP contribution is 2.28. The van der Waals surface area contributed by atoms with Crippen LogP contribution in [0.25, 0.3) is 0 Å². The Balaban J connectivity index is 2.27. The smallest absolute Gasteiger partial charge is 0.354 e. The van der Waals surface area contributed by atoms with E-state index in [1.807, 2.05) is 27.7 Å². The lowest BCUT2D eigenvalue weighted by Crippen LogP contribution is -2.58. The third-order valence-electron chi connectivity index (χ3n) is 3.17. The Morgan fingerprint density at radius 2 is 1.67 bits per heavy atom. The molecule has 0 spiro atoms. The lowest BCUT2D eigenvalue weighted by Gasteiger charge is -2.47. The predicted octanol–water partition coefficient (Wildman–Crippen LogP) is 1.81. The summed E-state index contributed by atoms with van der Waals surface area (Å²) in [5.74, 6) is -1.42. The number of amides is 1. The molecule has 1 amide bonds. The Morgan fingerprint density at radius 3 is 2.19 bits per heavy atom. The molecule has 0 aliphatic carbocycles. The molecule has 0 aromatic carbocycles. The Labute approximate surface area is 123 Å². The van der Waals surface area contributed by atoms with Gasteiger partial charge in [-0.25, -0.2) is 9.78 Å². The molecule has 2 heterocycles. The SMILES string of the molecule is CC1(C)CN(C(=O)c2cccc(C(=O)O)n2)CC(C)(C)O1. The summed E-state index contributed by atoms with van der Waals surface area (Å²) in [7, 11) is 0. The normalized spacial score (nSPS) is 20.1. The molecular formula is C15H20N2O4. The fraction of sp³-hybridized carbons (Fsp3) is 0.533. The molecule has 0 bridgehead atoms. The number of carbonyl (C=O) groups is 2. The number of hydrogen-bond donors (Lipinski definition) is 1. The molecular weight excluding hydrogens is 272 g/mol. The first-order chi connectivity index (χ1) is 9.60. The number of carbonyl (C=O) groups excluding carboxylic acids is 1. The van der Waals surface area contributed by atoms with Gasteiger partial charge in [0.05, 0.1) is 11.2 Å². The molecule has 1 aliphatic heterocycles. The van der Waals surface area contributed by atoms with Gasteiger partial charge in [-0.3, -0.25) is 4.79 Å². The van der Waals surface area contributed by atoms with Crippen molar-refractivity contribution in [2.75, 3.05) is 13.1 Å². The highest BCUT2D eigenvalue weighted by molar-refractivity contribution is 5.94. The fourth-order valence-electron chi connectivity index (χ4n) is 2.77. The molecule has 1 aliphatic rings. The maximum Gasteiger partial charge on any atom is 0.354 e. The van der Waals surface area contributed by atoms with E-state index in [1.165, 1.54) is 18.2 Å². The zero-order chi connectivity index (χ0) is 15.8. The summed E-state index contributed by atoms with van der Waals surface area (Å²) in [5.41, 5.74) is -0.903. The Hall–Kier alpha value is -1.95. The molecule has 1 fully saturated rings. The van der Waals surface area contributed by atoms with Crippen LogP contribution in [0.3, 0.4) is 0 Å². The second-order valence-electron chi connectivity index (χ2n) is 6.50. The third kappa shape index (κ3) is 3.58. The average molecular weight is 292 g/mol. The average Bonchev–Trinajstić information content (AvgIpc) is 2.34. The van der Waals surface area contributed by atoms with Crippen molar-refractivity contribution in [2.45, 2.75) is 38.9 Å². The van der Waals surface area contributed by atoms with Gasteiger partial charge in [0.1, 0.15) is 11.4 Å². The van der Waals surface area contributed by atoms with Crippen LogP contribution >= 0.6 is 0 Å². The van der Waals surface area contributed by atoms with E-state index >= 15 is 0 Å². The van der Waals surface area contributed by atoms with Crippen molar-refractivity contribution >= 4 is 11.9 Å². The molecule has 1 N–H and O–H groups in total. The van der Waals surface area contributed by atoms with Crippen LogP contribution in [0.1, 0.15) is 48.7 Å². The number of hydrogen-bond acceptors (Lipinski definition) is 4. The number of carboxylic acid groups (broad SMARTS) is 1. The van der Waals surface area contributed by atoms with Gasteiger partial charge in [0.25, 0.3) is 5.91 Å². The first kappa shape index (κ1) is 15.4. The van der Waals surface area contributed by atoms with E-state index in [1.54, 1.807) is 4.90 Å². The van der Waals surface area contributed by atoms with Gasteiger partial charge in [0.15, 0.2) is 0 Å². The first-order valence-corrected chi connectivity index (χ1v) is 6.79. The van der Waals surface area contributed by atoms with Gasteiger partial charge >= 0.3 is 5.97 Å². The highest BCUT2D eigenvalue weighted by atomic mass is 16.5. The lowest BCUT2D eigenvalue weighted by molar-refractivity contribution is -0.171. The van der Waals surface area contributed by atoms with Crippen LogP contribution in [0, 0.1) is 0 Å². The lowest BCUT2D eigenvalue weighted by atomic mass is 9.98. The molecule has 0 atom stereocenters. The molecule has 6 heteroatoms. The van der Waals surface area contributed by atoms with E-state index in [0.29, 0.717) is 13.1 Å². The predicted molar refractivity (Wildman–Crippen MR) is 76.3 cm³/mol. The van der Waals surface area contributed by atoms with Crippen molar-refractivity contribution < 1.29 is 19.4 Å². The highest BCUT2D eigenvalue weighted by Gasteiger charge is 2.40. The van der Waals surface area contributed by atoms with Gasteiger partial charge in [-0.05, 0) is 39.8 Å². The summed E-state index contributed by atoms with van der Waals surface area (Å²) in [6.45, 7) is 8.58. The van der Waals surface area contributed by atoms with Crippen molar-refractivity contribution in [2.24, 2.45) is 0 Å². The summed E-state index contributed by atoms with van der Waals surface area (Å²) in [6, 6.07) is 4.43. The van der Waals surface area contributed by atoms with Crippen molar-refractivity contribution in [1.29, 1.82) is 0 Å². The van der Waals surface area contributed by atoms with Crippen LogP contribution in [0.15, 0.2) is 18.2 Å². The van der Waals surface area contributed by atoms with Crippen LogP contribution in [0.4, 0.5) is 0 Å². The largest absolute Gasteiger partial charge is 0.477 e. The number of carboxylic acids is 1. The van der Waals surface area contributed by atoms with E-state index in [0.717, 1.165) is 0 Å². The molecule has 1 saturated heterocycles. The topological polar surface area (TPSA) is 79.7 Å². The fourth-order valence-corrected chi connectivity index (χ4v) is 2.77. The quantitative estimate of drug-likeness (QED) is 0.899. The number of pyridine rings is 1. The van der Waals surface area contributed by atoms with Gasteiger partial charge in [-0.1, -0.05) is 6.07 Å². The van der Waals surface area contributed by atoms with Gasteiger partial charge in [-0.2, -0.15) is 0 Å². The van der Waals surface area contributed by atoms with Crippen molar-refractivity contribution in [1.82, 2.24) is 9.88 Å². The van der Waals surface area contributed by atoms with Crippen LogP contribution in [-0.2, 0) is 4.74 Å². The minimum Gasteiger partial charge on any atom is -0.477 e. The van der Waals surface area contributed by atoms with Gasteiger partial charge in [0.2, 0.25) is 0 Å². The van der Waals surface area contributed by atoms with Crippen LogP contribution < -0.4 is 0 Å². The van der Waals surface area contributed by atoms with E-state index in [-0.39, 0.29) is 17.3 Å². The molecule has 0 radical (unpaired) electrons. The van der Waals surface area contributed by atoms with E-state index in [2.05, 4.69) is 4.98 Å². The Bertz CT molecular complexity index is 565. The maximum atomic E-state index is 12.6. The number of aromatic nitrogens is 1. The summed E-state index contributed by atoms with van der Waals surface area (Å²) in [6.07, 6.45) is 0. The maximum absolute atomic E-state index is 12.6. The molecule has 6 nitrogen and oxygen atoms in total. The minimum atomic E-state index is -1.15. The number of nitrogens with zero attached hydrogens (tertiary/aromatic N) is 2. The number of aromatic carboxylic acids is 1. The molecule has 0 saturated carbocycles. The van der Waals surface area contributed by atoms with E-state index in [4.69, 9.17) is 9.84 Å². The number of ether oxygens (including phenoxy) is 1. The summed E-state index contributed by atoms with van der Waals surface area (Å²) in [5, 5.41) is 8.96. The van der Waals surface area contributed by atoms with Crippen molar-refractivity contribution in [3.8, 4) is 0 Å². The van der Waals surface area contributed by atoms with E-state index < -0.39 is 17.2 Å². The molecule has 1 aromatic heterocycles. The monoisotopic (exact) mass is 292 g/mol. The van der Waals surface area contributed by atoms with Crippen LogP contribution in [-0.4, -0.2) is 51.2 Å². The Kier molecular flexibility index (Phi) is 3.76. The minimum absolute atomic E-state index is 0.132. The standard InChI is InChI=1S/C15H20N2O4/c1-14(2)8-17(9-15(3,4)21-14)12(18)10-6-5-7-11(16-10)13(19)20/h5-7H,8-9H2,1-4H3,(H,19,20). The molecule has 21 heavy (non-hydrogen) atoms. The summed E-state index contributed by atoms with van der Waals surface area (Å²) in [4.78, 5) is 29.1. The third-order valence-corrected chi connectivity index (χ3v) is 3.17. The Morgan fingerprint density at radius 1 is 1.14 bits per heavy atom. The number of morpholine rings is 1. The van der Waals surface area contributed by atoms with Crippen molar-refractivity contribution in [3.63, 3.8) is 0 Å². The molecule has 2 rings (SSSR count). The second-order valence-corrected chi connectivity index (χ2v) is 6.50. The first-order valence-electron chi connectivity index (χ1n) is 6.79. The van der Waals surface area contributed by atoms with Gasteiger partial charge in [-0.15, -0.1) is 0 Å². The number of rotatable bonds is 2. The zero-order valence-electron chi connectivity index (χ0n) is 12.7. The van der Waals surface area contributed by atoms with Crippen molar-refractivity contribution in [3.05, 3.63) is 29.6 Å². The molecule has 1 aromatic rings. The van der Waals surface area contributed by atoms with Crippen LogP contribution in [0.2, 0.25) is 0 Å². The molecule has 0 unspecified atom stereocenters. The van der Waals surface area contributed by atoms with Gasteiger partial charge < -0.3 is 14.7 Å². The summed E-state index contributed by atoms with van der Waals surface area (Å²) < 4.78 is 5.93. The summed E-state index contributed by atoms with van der Waals surface area (Å²) >= 11 is 0. The molecule has 114 valence electrons. The van der Waals surface area contributed by atoms with E-state index in [9.17, 15) is 9.59 Å². The zero-order valence-corrected chi connectivity index (χ0v) is 12.7. The second kappa shape index (κ2) is 5.11. The van der Waals surface area contributed by atoms with Crippen LogP contribution in [0.5, 0.6) is 0 Å². The van der Waals surface area contributed by atoms with Gasteiger partial charge in [0, 0.05) is 13.1 Å².